The fourth-order valence-electron chi connectivity index (χ4n) is 0.267. The Kier molecular flexibility index (Phi) is 3.75. The van der Waals surface area contributed by atoms with Crippen LogP contribution in [0.15, 0.2) is 15.0 Å². The van der Waals surface area contributed by atoms with Crippen molar-refractivity contribution < 1.29 is 13.5 Å². The molecule has 12 nitrogen and oxygen atoms in total. The van der Waals surface area contributed by atoms with Crippen molar-refractivity contribution in [3.05, 3.63) is 20.6 Å². The summed E-state index contributed by atoms with van der Waals surface area (Å²) in [5, 5.41) is 20.9. The van der Waals surface area contributed by atoms with Crippen LogP contribution in [-0.2, 0) is 10.2 Å². The number of nitro groups is 1. The molecule has 14 heavy (non-hydrogen) atoms. The number of hydrogen-bond donors (Lipinski definition) is 0. The summed E-state index contributed by atoms with van der Waals surface area (Å²) in [4.78, 5) is 11.5. The van der Waals surface area contributed by atoms with E-state index in [0.29, 0.717) is 0 Å². The van der Waals surface area contributed by atoms with Gasteiger partial charge in [0.15, 0.2) is 0 Å². The van der Waals surface area contributed by atoms with E-state index < -0.39 is 19.7 Å². The predicted octanol–water partition coefficient (Wildman–Crippen LogP) is -0.117. The molecule has 0 aliphatic carbocycles. The van der Waals surface area contributed by atoms with Gasteiger partial charge in [0.2, 0.25) is 16.6 Å². The molecule has 0 N–H and O–H groups in total. The molecule has 0 heterocycles. The second kappa shape index (κ2) is 4.54. The van der Waals surface area contributed by atoms with Crippen molar-refractivity contribution in [3.63, 3.8) is 0 Å². The monoisotopic (exact) mass is 220 g/mol. The molecule has 0 saturated carbocycles. The largest absolute Gasteiger partial charge is 0.372 e. The highest BCUT2D eigenvalue weighted by Gasteiger charge is 2.25. The number of azide groups is 1. The molecule has 0 atom stereocenters. The smallest absolute Gasteiger partial charge is 0.337 e. The van der Waals surface area contributed by atoms with E-state index in [1.807, 2.05) is 4.91 Å². The molecule has 74 valence electrons. The van der Waals surface area contributed by atoms with Gasteiger partial charge < -0.3 is 10.1 Å². The highest BCUT2D eigenvalue weighted by Crippen LogP contribution is 2.02. The minimum absolute atomic E-state index is 0.504. The maximum absolute atomic E-state index is 10.7. The lowest BCUT2D eigenvalue weighted by Gasteiger charge is -1.93. The van der Waals surface area contributed by atoms with Gasteiger partial charge in [-0.2, -0.15) is 13.7 Å². The second-order valence-corrected chi connectivity index (χ2v) is 2.81. The molecule has 0 bridgehead atoms. The van der Waals surface area contributed by atoms with Gasteiger partial charge >= 0.3 is 10.2 Å². The first-order valence-corrected chi connectivity index (χ1v) is 3.91. The summed E-state index contributed by atoms with van der Waals surface area (Å²) in [6.07, 6.45) is 0.898. The molecule has 0 rings (SSSR count). The molecule has 0 radical (unpaired) electrons. The van der Waals surface area contributed by atoms with Crippen molar-refractivity contribution in [1.82, 2.24) is 4.41 Å². The fraction of sp³-hybridized carbons (Fsp3) is 0. The third-order valence-corrected chi connectivity index (χ3v) is 1.51. The molecule has 0 fully saturated rings. The molecule has 0 aromatic carbocycles. The van der Waals surface area contributed by atoms with Crippen molar-refractivity contribution in [2.75, 3.05) is 0 Å². The van der Waals surface area contributed by atoms with Gasteiger partial charge in [0.25, 0.3) is 0 Å². The lowest BCUT2D eigenvalue weighted by Crippen LogP contribution is -2.17. The van der Waals surface area contributed by atoms with Gasteiger partial charge in [-0.1, -0.05) is 0 Å². The van der Waals surface area contributed by atoms with E-state index in [9.17, 15) is 18.5 Å². The standard InChI is InChI=1S/CN8O4S/c2-1-8(5-6-9(10)11)14(12,13)7-4-3. The molecule has 0 aliphatic heterocycles. The summed E-state index contributed by atoms with van der Waals surface area (Å²) >= 11 is 0. The average Bonchev–Trinajstić information content (AvgIpc) is 2.03. The maximum atomic E-state index is 10.7. The minimum atomic E-state index is -4.70. The molecule has 0 spiro atoms. The quantitative estimate of drug-likeness (QED) is 0.122. The van der Waals surface area contributed by atoms with Crippen molar-refractivity contribution in [2.24, 2.45) is 15.0 Å². The lowest BCUT2D eigenvalue weighted by molar-refractivity contribution is -0.496. The Balaban J connectivity index is 5.04. The Labute approximate surface area is 76.0 Å². The van der Waals surface area contributed by atoms with E-state index in [2.05, 4.69) is 15.0 Å². The molecule has 0 saturated heterocycles. The highest BCUT2D eigenvalue weighted by molar-refractivity contribution is 7.87. The molecule has 13 heteroatoms. The van der Waals surface area contributed by atoms with Crippen LogP contribution < -0.4 is 0 Å². The van der Waals surface area contributed by atoms with Crippen LogP contribution in [0.4, 0.5) is 0 Å². The molecular weight excluding hydrogens is 220 g/mol. The number of nitrogens with zero attached hydrogens (tertiary/aromatic N) is 8. The van der Waals surface area contributed by atoms with Crippen LogP contribution in [0.3, 0.4) is 0 Å². The third-order valence-electron chi connectivity index (χ3n) is 0.638. The van der Waals surface area contributed by atoms with E-state index >= 15 is 0 Å². The Morgan fingerprint density at radius 1 is 1.64 bits per heavy atom. The first-order valence-electron chi connectivity index (χ1n) is 2.51. The number of hydrogen-bond acceptors (Lipinski definition) is 6. The van der Waals surface area contributed by atoms with E-state index in [1.54, 1.807) is 0 Å². The molecule has 0 unspecified atom stereocenters. The summed E-state index contributed by atoms with van der Waals surface area (Å²) in [7, 11) is -4.70. The Hall–Kier alpha value is -2.45. The molecule has 0 aliphatic rings. The molecule has 0 aromatic rings. The van der Waals surface area contributed by atoms with Gasteiger partial charge in [-0.15, -0.1) is 0 Å². The van der Waals surface area contributed by atoms with Crippen LogP contribution in [0.2, 0.25) is 0 Å². The van der Waals surface area contributed by atoms with Gasteiger partial charge in [0, 0.05) is 9.33 Å². The van der Waals surface area contributed by atoms with E-state index in [-0.39, 0.29) is 0 Å². The molecular formula is CN8O4S. The van der Waals surface area contributed by atoms with E-state index in [4.69, 9.17) is 10.8 Å². The SMILES string of the molecule is N#CN(N=N[N+](=O)[O-])S(=O)(=O)N=[N+]=[N-]. The van der Waals surface area contributed by atoms with Crippen LogP contribution in [-0.4, -0.2) is 17.9 Å². The topological polar surface area (TPSA) is 178 Å². The van der Waals surface area contributed by atoms with Crippen molar-refractivity contribution >= 4 is 10.2 Å². The van der Waals surface area contributed by atoms with Gasteiger partial charge in [0.05, 0.1) is 9.55 Å². The summed E-state index contributed by atoms with van der Waals surface area (Å²) in [5.41, 5.74) is 7.76. The van der Waals surface area contributed by atoms with Gasteiger partial charge in [-0.25, -0.2) is 0 Å². The van der Waals surface area contributed by atoms with E-state index in [0.717, 1.165) is 6.19 Å². The van der Waals surface area contributed by atoms with Crippen LogP contribution in [0.25, 0.3) is 10.4 Å². The van der Waals surface area contributed by atoms with Gasteiger partial charge in [0.1, 0.15) is 0 Å². The number of rotatable bonds is 4. The summed E-state index contributed by atoms with van der Waals surface area (Å²) in [6, 6.07) is 0. The Bertz CT molecular complexity index is 434. The zero-order valence-corrected chi connectivity index (χ0v) is 6.94. The van der Waals surface area contributed by atoms with Crippen LogP contribution >= 0.6 is 0 Å². The summed E-state index contributed by atoms with van der Waals surface area (Å²) in [6.45, 7) is 0. The van der Waals surface area contributed by atoms with Gasteiger partial charge in [-0.05, 0) is 5.53 Å². The van der Waals surface area contributed by atoms with Crippen LogP contribution in [0, 0.1) is 21.6 Å². The Morgan fingerprint density at radius 2 is 2.21 bits per heavy atom. The zero-order chi connectivity index (χ0) is 11.2. The van der Waals surface area contributed by atoms with E-state index in [1.165, 1.54) is 0 Å². The minimum Gasteiger partial charge on any atom is -0.337 e. The van der Waals surface area contributed by atoms with Crippen molar-refractivity contribution in [2.45, 2.75) is 0 Å². The maximum Gasteiger partial charge on any atom is 0.372 e. The fourth-order valence-corrected chi connectivity index (χ4v) is 0.657. The normalized spacial score (nSPS) is 10.2. The van der Waals surface area contributed by atoms with Crippen LogP contribution in [0.1, 0.15) is 0 Å². The highest BCUT2D eigenvalue weighted by atomic mass is 32.2. The predicted molar refractivity (Wildman–Crippen MR) is 37.4 cm³/mol. The lowest BCUT2D eigenvalue weighted by atomic mass is 11.4. The zero-order valence-electron chi connectivity index (χ0n) is 6.12. The number of nitriles is 1. The van der Waals surface area contributed by atoms with Crippen molar-refractivity contribution in [3.8, 4) is 6.19 Å². The third kappa shape index (κ3) is 3.30. The Morgan fingerprint density at radius 3 is 2.57 bits per heavy atom. The summed E-state index contributed by atoms with van der Waals surface area (Å²) < 4.78 is 23.0. The molecule has 0 aromatic heterocycles. The first-order chi connectivity index (χ1) is 6.44. The summed E-state index contributed by atoms with van der Waals surface area (Å²) in [5.74, 6) is 0. The second-order valence-electron chi connectivity index (χ2n) is 1.41. The average molecular weight is 220 g/mol. The first kappa shape index (κ1) is 11.6. The molecule has 0 amide bonds. The van der Waals surface area contributed by atoms with Gasteiger partial charge in [-0.3, -0.25) is 0 Å². The van der Waals surface area contributed by atoms with Crippen LogP contribution in [0.5, 0.6) is 0 Å². The van der Waals surface area contributed by atoms with Crippen molar-refractivity contribution in [1.29, 1.82) is 5.26 Å².